The third kappa shape index (κ3) is 11.7. The number of nitrogens with one attached hydrogen (secondary N) is 6. The highest BCUT2D eigenvalue weighted by Crippen LogP contribution is 2.42. The monoisotopic (exact) mass is 1220 g/mol. The van der Waals surface area contributed by atoms with Crippen LogP contribution in [-0.2, 0) is 25.7 Å². The molecule has 0 radical (unpaired) electrons. The molecule has 2 aliphatic heterocycles. The number of cyclic esters (lactones) is 1. The van der Waals surface area contributed by atoms with Gasteiger partial charge in [-0.1, -0.05) is 36.5 Å². The molecular formula is C51H43N13O12S6. The zero-order valence-electron chi connectivity index (χ0n) is 42.7. The Morgan fingerprint density at radius 3 is 2.17 bits per heavy atom. The van der Waals surface area contributed by atoms with Crippen molar-refractivity contribution in [2.45, 2.75) is 64.1 Å². The van der Waals surface area contributed by atoms with Crippen molar-refractivity contribution in [3.8, 4) is 38.4 Å². The molecule has 9 heterocycles. The molecule has 1 aromatic carbocycles. The Labute approximate surface area is 486 Å². The normalized spacial score (nSPS) is 19.2. The number of H-pyrrole nitrogens is 1. The molecule has 12 bridgehead atoms. The number of carbonyl (C=O) groups is 8. The molecular weight excluding hydrogens is 1180 g/mol. The predicted octanol–water partition coefficient (Wildman–Crippen LogP) is 4.88. The third-order valence-electron chi connectivity index (χ3n) is 12.6. The molecule has 8 aromatic rings. The van der Waals surface area contributed by atoms with Crippen LogP contribution in [0.15, 0.2) is 69.5 Å². The number of hydrogen-bond acceptors (Lipinski definition) is 24. The molecule has 0 spiro atoms. The Hall–Kier alpha value is -8.43. The van der Waals surface area contributed by atoms with Crippen molar-refractivity contribution < 1.29 is 58.4 Å². The predicted molar refractivity (Wildman–Crippen MR) is 305 cm³/mol. The number of pyridine rings is 1. The summed E-state index contributed by atoms with van der Waals surface area (Å²) in [5.74, 6) is -6.66. The van der Waals surface area contributed by atoms with Crippen molar-refractivity contribution in [1.82, 2.24) is 61.5 Å². The number of ether oxygens (including phenoxy) is 1. The quantitative estimate of drug-likeness (QED) is 0.0810. The number of amides is 6. The van der Waals surface area contributed by atoms with Crippen LogP contribution in [0, 0.1) is 6.92 Å². The third-order valence-corrected chi connectivity index (χ3v) is 18.1. The molecule has 2 aliphatic rings. The van der Waals surface area contributed by atoms with Crippen molar-refractivity contribution in [2.75, 3.05) is 5.75 Å². The summed E-state index contributed by atoms with van der Waals surface area (Å²) in [6.07, 6.45) is -2.29. The van der Waals surface area contributed by atoms with Gasteiger partial charge in [-0.15, -0.1) is 56.7 Å². The van der Waals surface area contributed by atoms with Gasteiger partial charge in [0.1, 0.15) is 83.3 Å². The summed E-state index contributed by atoms with van der Waals surface area (Å²) in [6, 6.07) is 2.64. The number of nitrogens with zero attached hydrogens (tertiary/aromatic N) is 6. The molecule has 10 rings (SSSR count). The topological polar surface area (TPSA) is 386 Å². The van der Waals surface area contributed by atoms with Crippen LogP contribution in [0.5, 0.6) is 5.75 Å². The van der Waals surface area contributed by atoms with Crippen LogP contribution >= 0.6 is 68.4 Å². The van der Waals surface area contributed by atoms with Crippen molar-refractivity contribution in [3.63, 3.8) is 0 Å². The molecule has 25 nitrogen and oxygen atoms in total. The minimum Gasteiger partial charge on any atom is -0.506 e. The summed E-state index contributed by atoms with van der Waals surface area (Å²) < 4.78 is 5.63. The van der Waals surface area contributed by atoms with Gasteiger partial charge in [0.2, 0.25) is 11.0 Å². The minimum absolute atomic E-state index is 0.0405. The van der Waals surface area contributed by atoms with E-state index in [-0.39, 0.29) is 99.9 Å². The van der Waals surface area contributed by atoms with E-state index in [1.165, 1.54) is 40.6 Å². The Bertz CT molecular complexity index is 3990. The van der Waals surface area contributed by atoms with E-state index in [1.807, 2.05) is 0 Å². The summed E-state index contributed by atoms with van der Waals surface area (Å²) in [4.78, 5) is 140. The fraction of sp³-hybridized carbons (Fsp3) is 0.216. The Kier molecular flexibility index (Phi) is 16.3. The van der Waals surface area contributed by atoms with E-state index >= 15 is 0 Å². The van der Waals surface area contributed by atoms with Gasteiger partial charge in [0, 0.05) is 55.5 Å². The molecule has 82 heavy (non-hydrogen) atoms. The van der Waals surface area contributed by atoms with E-state index < -0.39 is 89.0 Å². The van der Waals surface area contributed by atoms with Gasteiger partial charge >= 0.3 is 5.97 Å². The van der Waals surface area contributed by atoms with Gasteiger partial charge in [0.15, 0.2) is 6.10 Å². The van der Waals surface area contributed by atoms with Gasteiger partial charge in [0.25, 0.3) is 29.5 Å². The Morgan fingerprint density at radius 2 is 1.45 bits per heavy atom. The number of benzene rings is 1. The number of aliphatic hydroxyl groups excluding tert-OH is 2. The molecule has 0 saturated carbocycles. The molecule has 7 aromatic heterocycles. The fourth-order valence-electron chi connectivity index (χ4n) is 8.44. The average Bonchev–Trinajstić information content (AvgIpc) is 4.37. The van der Waals surface area contributed by atoms with Crippen LogP contribution < -0.4 is 32.3 Å². The van der Waals surface area contributed by atoms with Crippen molar-refractivity contribution >= 4 is 132 Å². The van der Waals surface area contributed by atoms with Gasteiger partial charge in [0.05, 0.1) is 35.3 Å². The van der Waals surface area contributed by atoms with Crippen molar-refractivity contribution in [1.29, 1.82) is 0 Å². The highest BCUT2D eigenvalue weighted by atomic mass is 32.2. The molecule has 0 aliphatic carbocycles. The molecule has 420 valence electrons. The minimum atomic E-state index is -1.84. The van der Waals surface area contributed by atoms with E-state index in [4.69, 9.17) is 20.4 Å². The maximum atomic E-state index is 14.5. The summed E-state index contributed by atoms with van der Waals surface area (Å²) in [5, 5.41) is 55.1. The number of aromatic nitrogens is 7. The number of esters is 1. The molecule has 11 N–H and O–H groups in total. The Morgan fingerprint density at radius 1 is 0.817 bits per heavy atom. The number of aromatic hydroxyl groups is 1. The van der Waals surface area contributed by atoms with Crippen LogP contribution in [0.2, 0.25) is 0 Å². The molecule has 0 fully saturated rings. The summed E-state index contributed by atoms with van der Waals surface area (Å²) in [7, 11) is 0. The number of thiazole rings is 5. The van der Waals surface area contributed by atoms with E-state index in [9.17, 15) is 53.7 Å². The van der Waals surface area contributed by atoms with Crippen LogP contribution in [0.4, 0.5) is 0 Å². The number of carbonyl (C=O) groups excluding carboxylic acids is 8. The first-order chi connectivity index (χ1) is 39.2. The number of nitrogens with two attached hydrogens (primary N) is 1. The number of primary amides is 1. The fourth-order valence-corrected chi connectivity index (χ4v) is 13.6. The number of thioether (sulfide) groups is 1. The zero-order chi connectivity index (χ0) is 58.3. The van der Waals surface area contributed by atoms with Gasteiger partial charge < -0.3 is 57.4 Å². The lowest BCUT2D eigenvalue weighted by Crippen LogP contribution is -2.52. The highest BCUT2D eigenvalue weighted by molar-refractivity contribution is 8.14. The Balaban J connectivity index is 1.11. The van der Waals surface area contributed by atoms with Crippen molar-refractivity contribution in [2.24, 2.45) is 5.73 Å². The van der Waals surface area contributed by atoms with Crippen LogP contribution in [0.25, 0.3) is 49.3 Å². The molecule has 5 unspecified atom stereocenters. The van der Waals surface area contributed by atoms with Gasteiger partial charge in [-0.3, -0.25) is 33.6 Å². The van der Waals surface area contributed by atoms with Gasteiger partial charge in [-0.25, -0.2) is 34.7 Å². The SMILES string of the molecule is C=C(NC(=O)c1csc(-c2nc3c(cc2O)-c2nc(cs2)C(=O)NC(C(C)O)C(=O)N/C(=C/C)c2nc(cs2)C(=O)NC2CC(O)C(=O)OCc4cccc5[nH]c(c(C)c45)C(=O)SCC(NC(=O)c4csc2n4)c2nc-3cs2)n1)C(N)=O. The van der Waals surface area contributed by atoms with Crippen LogP contribution in [-0.4, -0.2) is 121 Å². The molecule has 0 saturated heterocycles. The second-order valence-electron chi connectivity index (χ2n) is 18.2. The smallest absolute Gasteiger partial charge is 0.335 e. The van der Waals surface area contributed by atoms with Crippen LogP contribution in [0.3, 0.4) is 0 Å². The summed E-state index contributed by atoms with van der Waals surface area (Å²) >= 11 is 5.73. The first-order valence-corrected chi connectivity index (χ1v) is 29.7. The highest BCUT2D eigenvalue weighted by Gasteiger charge is 2.33. The van der Waals surface area contributed by atoms with E-state index in [1.54, 1.807) is 37.4 Å². The van der Waals surface area contributed by atoms with E-state index in [2.05, 4.69) is 58.1 Å². The van der Waals surface area contributed by atoms with E-state index in [0.29, 0.717) is 22.0 Å². The lowest BCUT2D eigenvalue weighted by Gasteiger charge is -2.21. The first-order valence-electron chi connectivity index (χ1n) is 24.3. The largest absolute Gasteiger partial charge is 0.506 e. The van der Waals surface area contributed by atoms with Crippen molar-refractivity contribution in [3.05, 3.63) is 124 Å². The maximum Gasteiger partial charge on any atom is 0.335 e. The number of aliphatic hydroxyl groups is 2. The summed E-state index contributed by atoms with van der Waals surface area (Å²) in [6.45, 7) is 7.74. The zero-order valence-corrected chi connectivity index (χ0v) is 47.6. The second kappa shape index (κ2) is 23.6. The number of rotatable bonds is 5. The maximum absolute atomic E-state index is 14.5. The summed E-state index contributed by atoms with van der Waals surface area (Å²) in [5.41, 5.74) is 6.39. The lowest BCUT2D eigenvalue weighted by atomic mass is 10.1. The number of hydrogen-bond donors (Lipinski definition) is 10. The van der Waals surface area contributed by atoms with E-state index in [0.717, 1.165) is 68.4 Å². The van der Waals surface area contributed by atoms with Gasteiger partial charge in [-0.05, 0) is 44.0 Å². The van der Waals surface area contributed by atoms with Gasteiger partial charge in [-0.2, -0.15) is 0 Å². The molecule has 31 heteroatoms. The average molecular weight is 1220 g/mol. The number of fused-ring (bicyclic) bond motifs is 13. The first kappa shape index (κ1) is 56.8. The van der Waals surface area contributed by atoms with Crippen LogP contribution in [0.1, 0.15) is 111 Å². The molecule has 6 amide bonds. The number of allylic oxidation sites excluding steroid dienone is 1. The number of aromatic amines is 1. The number of aryl methyl sites for hydroxylation is 1. The lowest BCUT2D eigenvalue weighted by molar-refractivity contribution is -0.155. The standard InChI is InChI=1S/C51H43N13O12S6/c1-5-23-46-60-28(14-79-46)41(70)56-25-10-33(67)50(74)76-11-21-7-6-8-24-34(21)18(2)35(54-24)51(75)82-17-31(57-42(71)29-15-80-47(25)61-29)48-58-26(12-78-48)37-22(45-59-30(13-77-45)43(72)64-36(20(4)65)44(73)55-23)9-32(66)38(63-37)49-62-27(16-81-49)40(69)53-19(3)39(52)68/h5-9,12-16,20,25,31,33,36,54,65-67H,3,10-11,17H2,1-2,4H3,(H2,52,68)(H,53,69)(H,55,73)(H,56,70)(H,57,71)(H,64,72)/b23-5+. The second-order valence-corrected chi connectivity index (χ2v) is 23.5. The molecule has 5 atom stereocenters.